The maximum atomic E-state index is 12.8. The van der Waals surface area contributed by atoms with Crippen molar-refractivity contribution in [2.45, 2.75) is 105 Å². The third kappa shape index (κ3) is 4.63. The van der Waals surface area contributed by atoms with E-state index in [-0.39, 0.29) is 28.8 Å². The number of nitrogens with zero attached hydrogens (tertiary/aromatic N) is 1. The summed E-state index contributed by atoms with van der Waals surface area (Å²) in [6.07, 6.45) is 12.3. The maximum absolute atomic E-state index is 12.8. The number of rotatable bonds is 5. The molecule has 1 aliphatic heterocycles. The molecule has 0 spiro atoms. The van der Waals surface area contributed by atoms with Gasteiger partial charge in [0.05, 0.1) is 6.42 Å². The molecule has 1 heterocycles. The fourth-order valence-electron chi connectivity index (χ4n) is 10.4. The smallest absolute Gasteiger partial charge is 0.307 e. The van der Waals surface area contributed by atoms with Gasteiger partial charge in [0.2, 0.25) is 0 Å². The molecule has 0 bridgehead atoms. The van der Waals surface area contributed by atoms with Gasteiger partial charge in [0.25, 0.3) is 0 Å². The summed E-state index contributed by atoms with van der Waals surface area (Å²) in [6.45, 7) is 16.8. The molecule has 5 aliphatic rings. The Morgan fingerprint density at radius 3 is 2.44 bits per heavy atom. The third-order valence-corrected chi connectivity index (χ3v) is 11.7. The van der Waals surface area contributed by atoms with Crippen molar-refractivity contribution in [3.8, 4) is 0 Å². The van der Waals surface area contributed by atoms with E-state index in [0.717, 1.165) is 57.2 Å². The van der Waals surface area contributed by atoms with Gasteiger partial charge in [-0.1, -0.05) is 46.3 Å². The van der Waals surface area contributed by atoms with E-state index >= 15 is 0 Å². The second-order valence-corrected chi connectivity index (χ2v) is 14.4. The molecule has 10 atom stereocenters. The van der Waals surface area contributed by atoms with E-state index in [0.29, 0.717) is 35.9 Å². The first-order chi connectivity index (χ1) is 17.0. The van der Waals surface area contributed by atoms with Crippen molar-refractivity contribution < 1.29 is 14.3 Å². The van der Waals surface area contributed by atoms with Gasteiger partial charge in [-0.15, -0.1) is 0 Å². The fourth-order valence-corrected chi connectivity index (χ4v) is 10.4. The third-order valence-electron chi connectivity index (χ3n) is 11.7. The first-order valence-corrected chi connectivity index (χ1v) is 15.1. The predicted octanol–water partition coefficient (Wildman–Crippen LogP) is 6.68. The number of carbonyl (C=O) groups is 2. The fraction of sp³-hybridized carbons (Fsp3) is 0.875. The summed E-state index contributed by atoms with van der Waals surface area (Å²) < 4.78 is 6.06. The SMILES string of the molecule is CC(=O)[C@H]1[C@@H](C)C[C@H]2[C@@H]3CC=C4C[C@@H](OC(=O)CCN5C[C@H](C)C[C@H](C)C5)CC[C@]4(C)[C@H]3CC[C@@]21C. The van der Waals surface area contributed by atoms with Crippen LogP contribution in [0, 0.1) is 52.3 Å². The molecule has 0 amide bonds. The quantitative estimate of drug-likeness (QED) is 0.314. The molecule has 0 N–H and O–H groups in total. The predicted molar refractivity (Wildman–Crippen MR) is 144 cm³/mol. The summed E-state index contributed by atoms with van der Waals surface area (Å²) in [5.74, 6) is 4.71. The molecule has 4 fully saturated rings. The Labute approximate surface area is 220 Å². The number of ether oxygens (including phenoxy) is 1. The maximum Gasteiger partial charge on any atom is 0.307 e. The Morgan fingerprint density at radius 1 is 1.03 bits per heavy atom. The van der Waals surface area contributed by atoms with Crippen LogP contribution in [0.5, 0.6) is 0 Å². The Hall–Kier alpha value is -1.16. The van der Waals surface area contributed by atoms with Crippen LogP contribution in [0.4, 0.5) is 0 Å². The monoisotopic (exact) mass is 497 g/mol. The number of fused-ring (bicyclic) bond motifs is 5. The van der Waals surface area contributed by atoms with Crippen LogP contribution in [0.25, 0.3) is 0 Å². The van der Waals surface area contributed by atoms with E-state index in [2.05, 4.69) is 45.6 Å². The van der Waals surface area contributed by atoms with E-state index in [1.165, 1.54) is 25.7 Å². The van der Waals surface area contributed by atoms with E-state index in [4.69, 9.17) is 4.74 Å². The highest BCUT2D eigenvalue weighted by Crippen LogP contribution is 2.67. The lowest BCUT2D eigenvalue weighted by Gasteiger charge is -2.58. The molecule has 1 saturated heterocycles. The van der Waals surface area contributed by atoms with E-state index in [9.17, 15) is 9.59 Å². The number of likely N-dealkylation sites (tertiary alicyclic amines) is 1. The molecule has 36 heavy (non-hydrogen) atoms. The lowest BCUT2D eigenvalue weighted by molar-refractivity contribution is -0.152. The zero-order chi connectivity index (χ0) is 25.8. The van der Waals surface area contributed by atoms with Crippen LogP contribution in [0.2, 0.25) is 0 Å². The average Bonchev–Trinajstić information content (AvgIpc) is 3.07. The summed E-state index contributed by atoms with van der Waals surface area (Å²) in [6, 6.07) is 0. The Morgan fingerprint density at radius 2 is 1.75 bits per heavy atom. The van der Waals surface area contributed by atoms with Crippen LogP contribution < -0.4 is 0 Å². The van der Waals surface area contributed by atoms with Crippen molar-refractivity contribution in [1.29, 1.82) is 0 Å². The molecule has 4 aliphatic carbocycles. The average molecular weight is 498 g/mol. The molecule has 0 aromatic rings. The molecule has 202 valence electrons. The van der Waals surface area contributed by atoms with Gasteiger partial charge in [-0.3, -0.25) is 9.59 Å². The molecular weight excluding hydrogens is 446 g/mol. The number of Topliss-reactive ketones (excluding diaryl/α,β-unsaturated/α-hetero) is 1. The molecule has 0 unspecified atom stereocenters. The molecule has 3 saturated carbocycles. The highest BCUT2D eigenvalue weighted by molar-refractivity contribution is 5.80. The summed E-state index contributed by atoms with van der Waals surface area (Å²) in [7, 11) is 0. The minimum absolute atomic E-state index is 0.00702. The summed E-state index contributed by atoms with van der Waals surface area (Å²) in [4.78, 5) is 27.8. The van der Waals surface area contributed by atoms with Crippen molar-refractivity contribution in [2.75, 3.05) is 19.6 Å². The minimum Gasteiger partial charge on any atom is -0.462 e. The van der Waals surface area contributed by atoms with Crippen molar-refractivity contribution >= 4 is 11.8 Å². The molecule has 4 nitrogen and oxygen atoms in total. The zero-order valence-corrected chi connectivity index (χ0v) is 23.9. The number of carbonyl (C=O) groups excluding carboxylic acids is 2. The van der Waals surface area contributed by atoms with E-state index in [1.807, 2.05) is 6.92 Å². The number of allylic oxidation sites excluding steroid dienone is 1. The minimum atomic E-state index is -0.00702. The van der Waals surface area contributed by atoms with Crippen LogP contribution in [-0.2, 0) is 14.3 Å². The first-order valence-electron chi connectivity index (χ1n) is 15.1. The van der Waals surface area contributed by atoms with Gasteiger partial charge in [-0.25, -0.2) is 0 Å². The van der Waals surface area contributed by atoms with Gasteiger partial charge in [0, 0.05) is 32.0 Å². The van der Waals surface area contributed by atoms with Gasteiger partial charge in [-0.2, -0.15) is 0 Å². The lowest BCUT2D eigenvalue weighted by Crippen LogP contribution is -2.51. The van der Waals surface area contributed by atoms with Crippen LogP contribution in [0.15, 0.2) is 11.6 Å². The first kappa shape index (κ1) is 26.4. The number of hydrogen-bond donors (Lipinski definition) is 0. The van der Waals surface area contributed by atoms with E-state index in [1.54, 1.807) is 5.57 Å². The molecular formula is C32H51NO3. The van der Waals surface area contributed by atoms with Crippen LogP contribution in [0.1, 0.15) is 99.3 Å². The molecule has 0 aromatic heterocycles. The van der Waals surface area contributed by atoms with Gasteiger partial charge >= 0.3 is 5.97 Å². The van der Waals surface area contributed by atoms with Crippen molar-refractivity contribution in [1.82, 2.24) is 4.90 Å². The van der Waals surface area contributed by atoms with Crippen LogP contribution in [-0.4, -0.2) is 42.4 Å². The Kier molecular flexibility index (Phi) is 7.24. The Balaban J connectivity index is 1.20. The largest absolute Gasteiger partial charge is 0.462 e. The number of piperidine rings is 1. The molecule has 0 aromatic carbocycles. The summed E-state index contributed by atoms with van der Waals surface area (Å²) in [5.41, 5.74) is 1.99. The Bertz CT molecular complexity index is 886. The van der Waals surface area contributed by atoms with Gasteiger partial charge in [0.15, 0.2) is 0 Å². The highest BCUT2D eigenvalue weighted by atomic mass is 16.5. The second kappa shape index (κ2) is 9.86. The lowest BCUT2D eigenvalue weighted by atomic mass is 9.47. The van der Waals surface area contributed by atoms with Crippen molar-refractivity contribution in [2.24, 2.45) is 52.3 Å². The topological polar surface area (TPSA) is 46.6 Å². The number of ketones is 1. The molecule has 5 rings (SSSR count). The highest BCUT2D eigenvalue weighted by Gasteiger charge is 2.61. The standard InChI is InChI=1S/C32H51NO3/c1-20-15-21(2)19-33(18-20)14-11-29(35)36-25-9-12-31(5)24(17-25)7-8-26-27(31)10-13-32(6)28(26)16-22(3)30(32)23(4)34/h7,20-22,25-28,30H,8-19H2,1-6H3/t20-,21+,22-,25-,26+,27-,28-,30+,31-,32-/m0/s1. The van der Waals surface area contributed by atoms with E-state index < -0.39 is 0 Å². The van der Waals surface area contributed by atoms with Crippen molar-refractivity contribution in [3.05, 3.63) is 11.6 Å². The van der Waals surface area contributed by atoms with Gasteiger partial charge in [-0.05, 0) is 98.2 Å². The normalized spacial score (nSPS) is 46.8. The summed E-state index contributed by atoms with van der Waals surface area (Å²) in [5, 5.41) is 0. The van der Waals surface area contributed by atoms with Crippen molar-refractivity contribution in [3.63, 3.8) is 0 Å². The zero-order valence-electron chi connectivity index (χ0n) is 23.9. The molecule has 4 heteroatoms. The summed E-state index contributed by atoms with van der Waals surface area (Å²) >= 11 is 0. The number of esters is 1. The van der Waals surface area contributed by atoms with Gasteiger partial charge < -0.3 is 9.64 Å². The second-order valence-electron chi connectivity index (χ2n) is 14.4. The number of hydrogen-bond acceptors (Lipinski definition) is 4. The van der Waals surface area contributed by atoms with Crippen LogP contribution >= 0.6 is 0 Å². The molecule has 0 radical (unpaired) electrons. The van der Waals surface area contributed by atoms with Gasteiger partial charge in [0.1, 0.15) is 11.9 Å². The van der Waals surface area contributed by atoms with Crippen LogP contribution in [0.3, 0.4) is 0 Å².